The van der Waals surface area contributed by atoms with Crippen LogP contribution in [-0.4, -0.2) is 9.97 Å². The van der Waals surface area contributed by atoms with Gasteiger partial charge in [0.2, 0.25) is 0 Å². The van der Waals surface area contributed by atoms with Gasteiger partial charge < -0.3 is 5.43 Å². The van der Waals surface area contributed by atoms with Crippen molar-refractivity contribution in [2.24, 2.45) is 5.84 Å². The number of nitrogen functional groups attached to an aromatic ring is 1. The van der Waals surface area contributed by atoms with Gasteiger partial charge in [0.25, 0.3) is 0 Å². The van der Waals surface area contributed by atoms with Crippen LogP contribution in [0.1, 0.15) is 24.1 Å². The Balaban J connectivity index is 1.92. The average Bonchev–Trinajstić information content (AvgIpc) is 2.98. The Morgan fingerprint density at radius 1 is 1.10 bits per heavy atom. The van der Waals surface area contributed by atoms with Crippen molar-refractivity contribution < 1.29 is 0 Å². The number of thiophene rings is 1. The van der Waals surface area contributed by atoms with Crippen LogP contribution in [-0.2, 0) is 12.8 Å². The SMILES string of the molecule is NNc1nc(-c2csc3ccccc23)nc2c1CCCC2. The third-order valence-corrected chi connectivity index (χ3v) is 5.01. The third kappa shape index (κ3) is 2.09. The molecule has 1 aromatic carbocycles. The van der Waals surface area contributed by atoms with Gasteiger partial charge in [-0.15, -0.1) is 11.3 Å². The zero-order chi connectivity index (χ0) is 14.2. The van der Waals surface area contributed by atoms with E-state index in [0.717, 1.165) is 35.7 Å². The number of nitrogens with two attached hydrogens (primary N) is 1. The maximum Gasteiger partial charge on any atom is 0.163 e. The van der Waals surface area contributed by atoms with E-state index in [1.165, 1.54) is 28.5 Å². The van der Waals surface area contributed by atoms with E-state index in [9.17, 15) is 0 Å². The largest absolute Gasteiger partial charge is 0.308 e. The second-order valence-electron chi connectivity index (χ2n) is 5.32. The predicted molar refractivity (Wildman–Crippen MR) is 87.3 cm³/mol. The molecule has 21 heavy (non-hydrogen) atoms. The topological polar surface area (TPSA) is 63.8 Å². The summed E-state index contributed by atoms with van der Waals surface area (Å²) in [7, 11) is 0. The number of anilines is 1. The molecular formula is C16H16N4S. The quantitative estimate of drug-likeness (QED) is 0.561. The summed E-state index contributed by atoms with van der Waals surface area (Å²) in [4.78, 5) is 9.47. The van der Waals surface area contributed by atoms with E-state index in [1.54, 1.807) is 11.3 Å². The second kappa shape index (κ2) is 5.09. The molecule has 0 bridgehead atoms. The Kier molecular flexibility index (Phi) is 3.09. The monoisotopic (exact) mass is 296 g/mol. The highest BCUT2D eigenvalue weighted by Gasteiger charge is 2.19. The van der Waals surface area contributed by atoms with Gasteiger partial charge in [0, 0.05) is 32.3 Å². The predicted octanol–water partition coefficient (Wildman–Crippen LogP) is 3.52. The normalized spacial score (nSPS) is 14.1. The van der Waals surface area contributed by atoms with Crippen LogP contribution in [0.25, 0.3) is 21.5 Å². The Labute approximate surface area is 127 Å². The first-order valence-corrected chi connectivity index (χ1v) is 8.08. The number of rotatable bonds is 2. The van der Waals surface area contributed by atoms with Crippen LogP contribution in [0, 0.1) is 0 Å². The number of nitrogens with one attached hydrogen (secondary N) is 1. The number of fused-ring (bicyclic) bond motifs is 2. The second-order valence-corrected chi connectivity index (χ2v) is 6.23. The molecule has 3 N–H and O–H groups in total. The van der Waals surface area contributed by atoms with Crippen molar-refractivity contribution in [2.45, 2.75) is 25.7 Å². The minimum absolute atomic E-state index is 0.779. The molecule has 3 aromatic rings. The molecule has 0 saturated heterocycles. The summed E-state index contributed by atoms with van der Waals surface area (Å²) in [6.07, 6.45) is 4.41. The molecule has 0 amide bonds. The van der Waals surface area contributed by atoms with Crippen molar-refractivity contribution in [2.75, 3.05) is 5.43 Å². The Hall–Kier alpha value is -1.98. The van der Waals surface area contributed by atoms with Crippen molar-refractivity contribution in [3.05, 3.63) is 40.9 Å². The number of hydrazine groups is 1. The molecule has 0 unspecified atom stereocenters. The van der Waals surface area contributed by atoms with Crippen molar-refractivity contribution in [1.29, 1.82) is 0 Å². The first-order valence-electron chi connectivity index (χ1n) is 7.20. The van der Waals surface area contributed by atoms with E-state index in [1.807, 2.05) is 0 Å². The lowest BCUT2D eigenvalue weighted by atomic mass is 9.96. The molecule has 0 aliphatic heterocycles. The van der Waals surface area contributed by atoms with Gasteiger partial charge in [-0.05, 0) is 31.7 Å². The van der Waals surface area contributed by atoms with Crippen molar-refractivity contribution in [3.63, 3.8) is 0 Å². The standard InChI is InChI=1S/C16H16N4S/c17-20-16-11-6-1-3-7-13(11)18-15(19-16)12-9-21-14-8-4-2-5-10(12)14/h2,4-5,8-9H,1,3,6-7,17H2,(H,18,19,20). The van der Waals surface area contributed by atoms with Crippen LogP contribution in [0.3, 0.4) is 0 Å². The number of hydrogen-bond acceptors (Lipinski definition) is 5. The molecule has 0 fully saturated rings. The summed E-state index contributed by atoms with van der Waals surface area (Å²) in [6.45, 7) is 0. The maximum absolute atomic E-state index is 5.67. The zero-order valence-corrected chi connectivity index (χ0v) is 12.4. The van der Waals surface area contributed by atoms with Crippen molar-refractivity contribution in [3.8, 4) is 11.4 Å². The van der Waals surface area contributed by atoms with Crippen molar-refractivity contribution >= 4 is 27.2 Å². The highest BCUT2D eigenvalue weighted by molar-refractivity contribution is 7.17. The van der Waals surface area contributed by atoms with E-state index >= 15 is 0 Å². The summed E-state index contributed by atoms with van der Waals surface area (Å²) >= 11 is 1.73. The lowest BCUT2D eigenvalue weighted by Gasteiger charge is -2.18. The highest BCUT2D eigenvalue weighted by atomic mass is 32.1. The maximum atomic E-state index is 5.67. The molecule has 0 spiro atoms. The molecular weight excluding hydrogens is 280 g/mol. The molecule has 4 nitrogen and oxygen atoms in total. The van der Waals surface area contributed by atoms with Crippen LogP contribution in [0.5, 0.6) is 0 Å². The number of aryl methyl sites for hydroxylation is 1. The summed E-state index contributed by atoms with van der Waals surface area (Å²) in [6, 6.07) is 8.37. The zero-order valence-electron chi connectivity index (χ0n) is 11.6. The molecule has 106 valence electrons. The number of aromatic nitrogens is 2. The minimum Gasteiger partial charge on any atom is -0.308 e. The first kappa shape index (κ1) is 12.7. The Morgan fingerprint density at radius 2 is 1.95 bits per heavy atom. The number of nitrogens with zero attached hydrogens (tertiary/aromatic N) is 2. The van der Waals surface area contributed by atoms with Crippen LogP contribution < -0.4 is 11.3 Å². The van der Waals surface area contributed by atoms with Crippen LogP contribution in [0.15, 0.2) is 29.6 Å². The molecule has 2 aromatic heterocycles. The molecule has 0 saturated carbocycles. The van der Waals surface area contributed by atoms with Gasteiger partial charge in [0.15, 0.2) is 5.82 Å². The Bertz CT molecular complexity index is 792. The lowest BCUT2D eigenvalue weighted by molar-refractivity contribution is 0.665. The van der Waals surface area contributed by atoms with E-state index in [2.05, 4.69) is 40.1 Å². The van der Waals surface area contributed by atoms with Gasteiger partial charge in [-0.2, -0.15) is 0 Å². The lowest BCUT2D eigenvalue weighted by Crippen LogP contribution is -2.17. The van der Waals surface area contributed by atoms with Crippen LogP contribution >= 0.6 is 11.3 Å². The smallest absolute Gasteiger partial charge is 0.163 e. The minimum atomic E-state index is 0.779. The van der Waals surface area contributed by atoms with Gasteiger partial charge in [-0.25, -0.2) is 15.8 Å². The number of benzene rings is 1. The molecule has 0 radical (unpaired) electrons. The summed E-state index contributed by atoms with van der Waals surface area (Å²) in [5.74, 6) is 7.23. The van der Waals surface area contributed by atoms with E-state index in [4.69, 9.17) is 10.8 Å². The van der Waals surface area contributed by atoms with Crippen LogP contribution in [0.4, 0.5) is 5.82 Å². The van der Waals surface area contributed by atoms with Gasteiger partial charge in [-0.1, -0.05) is 18.2 Å². The van der Waals surface area contributed by atoms with E-state index in [0.29, 0.717) is 0 Å². The highest BCUT2D eigenvalue weighted by Crippen LogP contribution is 2.34. The summed E-state index contributed by atoms with van der Waals surface area (Å²) in [5, 5.41) is 3.34. The fourth-order valence-corrected chi connectivity index (χ4v) is 3.92. The summed E-state index contributed by atoms with van der Waals surface area (Å²) in [5.41, 5.74) is 6.19. The molecule has 1 aliphatic rings. The van der Waals surface area contributed by atoms with Gasteiger partial charge in [0.1, 0.15) is 5.82 Å². The van der Waals surface area contributed by atoms with E-state index in [-0.39, 0.29) is 0 Å². The number of hydrogen-bond donors (Lipinski definition) is 2. The third-order valence-electron chi connectivity index (χ3n) is 4.04. The van der Waals surface area contributed by atoms with Gasteiger partial charge in [-0.3, -0.25) is 0 Å². The molecule has 0 atom stereocenters. The fourth-order valence-electron chi connectivity index (χ4n) is 2.98. The Morgan fingerprint density at radius 3 is 2.86 bits per heavy atom. The fraction of sp³-hybridized carbons (Fsp3) is 0.250. The van der Waals surface area contributed by atoms with Crippen LogP contribution in [0.2, 0.25) is 0 Å². The first-order chi connectivity index (χ1) is 10.4. The molecule has 2 heterocycles. The van der Waals surface area contributed by atoms with Crippen molar-refractivity contribution in [1.82, 2.24) is 9.97 Å². The summed E-state index contributed by atoms with van der Waals surface area (Å²) < 4.78 is 1.26. The van der Waals surface area contributed by atoms with Gasteiger partial charge >= 0.3 is 0 Å². The average molecular weight is 296 g/mol. The molecule has 1 aliphatic carbocycles. The molecule has 4 rings (SSSR count). The van der Waals surface area contributed by atoms with Gasteiger partial charge in [0.05, 0.1) is 0 Å². The molecule has 5 heteroatoms. The van der Waals surface area contributed by atoms with E-state index < -0.39 is 0 Å².